The Morgan fingerprint density at radius 3 is 1.37 bits per heavy atom. The molecule has 30 heavy (non-hydrogen) atoms. The summed E-state index contributed by atoms with van der Waals surface area (Å²) in [6.07, 6.45) is 3.99. The summed E-state index contributed by atoms with van der Waals surface area (Å²) >= 11 is 0. The van der Waals surface area contributed by atoms with Crippen LogP contribution in [0, 0.1) is 0 Å². The van der Waals surface area contributed by atoms with Crippen molar-refractivity contribution in [1.82, 2.24) is 0 Å². The van der Waals surface area contributed by atoms with Crippen LogP contribution in [0.2, 0.25) is 0 Å². The van der Waals surface area contributed by atoms with Crippen LogP contribution >= 0.6 is 0 Å². The Bertz CT molecular complexity index is 945. The van der Waals surface area contributed by atoms with Crippen molar-refractivity contribution >= 4 is 0 Å². The highest BCUT2D eigenvalue weighted by molar-refractivity contribution is 5.45. The van der Waals surface area contributed by atoms with Gasteiger partial charge in [0, 0.05) is 0 Å². The summed E-state index contributed by atoms with van der Waals surface area (Å²) in [7, 11) is 0. The van der Waals surface area contributed by atoms with Crippen LogP contribution < -0.4 is 18.9 Å². The molecule has 2 aliphatic heterocycles. The Labute approximate surface area is 177 Å². The Morgan fingerprint density at radius 1 is 0.467 bits per heavy atom. The van der Waals surface area contributed by atoms with Gasteiger partial charge < -0.3 is 18.9 Å². The smallest absolute Gasteiger partial charge is 0.161 e. The summed E-state index contributed by atoms with van der Waals surface area (Å²) in [6.45, 7) is 2.50. The maximum absolute atomic E-state index is 5.72. The van der Waals surface area contributed by atoms with Crippen LogP contribution in [0.3, 0.4) is 0 Å². The monoisotopic (exact) mass is 402 g/mol. The molecule has 0 radical (unpaired) electrons. The molecule has 0 atom stereocenters. The normalized spacial score (nSPS) is 14.4. The van der Waals surface area contributed by atoms with Gasteiger partial charge in [-0.05, 0) is 72.2 Å². The maximum Gasteiger partial charge on any atom is 0.161 e. The first-order valence-corrected chi connectivity index (χ1v) is 10.7. The lowest BCUT2D eigenvalue weighted by atomic mass is 9.95. The molecule has 0 unspecified atom stereocenters. The number of hydrogen-bond donors (Lipinski definition) is 0. The summed E-state index contributed by atoms with van der Waals surface area (Å²) in [6, 6.07) is 21.3. The van der Waals surface area contributed by atoms with Crippen LogP contribution in [0.1, 0.15) is 22.3 Å². The first kappa shape index (κ1) is 18.9. The predicted octanol–water partition coefficient (Wildman–Crippen LogP) is 4.80. The van der Waals surface area contributed by atoms with Gasteiger partial charge >= 0.3 is 0 Å². The van der Waals surface area contributed by atoms with Gasteiger partial charge in [-0.3, -0.25) is 0 Å². The van der Waals surface area contributed by atoms with Crippen molar-refractivity contribution in [3.05, 3.63) is 82.9 Å². The van der Waals surface area contributed by atoms with E-state index in [0.29, 0.717) is 26.4 Å². The van der Waals surface area contributed by atoms with E-state index in [1.54, 1.807) is 0 Å². The van der Waals surface area contributed by atoms with Gasteiger partial charge in [-0.1, -0.05) is 36.4 Å². The fraction of sp³-hybridized carbons (Fsp3) is 0.308. The van der Waals surface area contributed by atoms with E-state index in [1.807, 2.05) is 12.1 Å². The molecule has 0 bridgehead atoms. The molecular formula is C26H26O4. The number of ether oxygens (including phenoxy) is 4. The van der Waals surface area contributed by atoms with Gasteiger partial charge in [0.25, 0.3) is 0 Å². The minimum atomic E-state index is 0.624. The molecule has 0 spiro atoms. The van der Waals surface area contributed by atoms with Crippen molar-refractivity contribution in [2.24, 2.45) is 0 Å². The number of rotatable bonds is 6. The van der Waals surface area contributed by atoms with Gasteiger partial charge in [-0.15, -0.1) is 0 Å². The van der Waals surface area contributed by atoms with E-state index in [1.165, 1.54) is 22.3 Å². The third-order valence-electron chi connectivity index (χ3n) is 5.70. The van der Waals surface area contributed by atoms with Gasteiger partial charge in [0.1, 0.15) is 26.4 Å². The van der Waals surface area contributed by atoms with E-state index in [4.69, 9.17) is 18.9 Å². The molecular weight excluding hydrogens is 376 g/mol. The average Bonchev–Trinajstić information content (AvgIpc) is 2.81. The summed E-state index contributed by atoms with van der Waals surface area (Å²) in [5.74, 6) is 3.44. The molecule has 4 heteroatoms. The fourth-order valence-corrected chi connectivity index (χ4v) is 4.09. The van der Waals surface area contributed by atoms with Gasteiger partial charge in [0.15, 0.2) is 23.0 Å². The molecule has 3 aromatic carbocycles. The van der Waals surface area contributed by atoms with Crippen molar-refractivity contribution in [2.75, 3.05) is 26.4 Å². The van der Waals surface area contributed by atoms with Gasteiger partial charge in [-0.2, -0.15) is 0 Å². The molecule has 0 aliphatic carbocycles. The standard InChI is InChI=1S/C26H26O4/c1-2-4-22(10-6-20-8-12-24-26(18-20)30-16-14-28-24)21(3-1)9-5-19-7-11-23-25(17-19)29-15-13-27-23/h1-4,7-8,11-12,17-18H,5-6,9-10,13-16H2. The molecule has 2 heterocycles. The quantitative estimate of drug-likeness (QED) is 0.594. The Morgan fingerprint density at radius 2 is 0.900 bits per heavy atom. The van der Waals surface area contributed by atoms with Crippen molar-refractivity contribution in [2.45, 2.75) is 25.7 Å². The molecule has 3 aromatic rings. The molecule has 0 aromatic heterocycles. The van der Waals surface area contributed by atoms with Crippen LogP contribution in [0.25, 0.3) is 0 Å². The molecule has 0 amide bonds. The number of benzene rings is 3. The average molecular weight is 402 g/mol. The second kappa shape index (κ2) is 8.70. The third-order valence-corrected chi connectivity index (χ3v) is 5.70. The maximum atomic E-state index is 5.72. The lowest BCUT2D eigenvalue weighted by Gasteiger charge is -2.19. The second-order valence-electron chi connectivity index (χ2n) is 7.72. The van der Waals surface area contributed by atoms with E-state index < -0.39 is 0 Å². The number of hydrogen-bond acceptors (Lipinski definition) is 4. The first-order chi connectivity index (χ1) is 14.8. The van der Waals surface area contributed by atoms with E-state index in [-0.39, 0.29) is 0 Å². The summed E-state index contributed by atoms with van der Waals surface area (Å²) in [5, 5.41) is 0. The zero-order valence-corrected chi connectivity index (χ0v) is 17.1. The van der Waals surface area contributed by atoms with E-state index in [2.05, 4.69) is 48.5 Å². The minimum absolute atomic E-state index is 0.624. The van der Waals surface area contributed by atoms with Crippen molar-refractivity contribution in [1.29, 1.82) is 0 Å². The second-order valence-corrected chi connectivity index (χ2v) is 7.72. The van der Waals surface area contributed by atoms with Crippen LogP contribution in [0.15, 0.2) is 60.7 Å². The summed E-state index contributed by atoms with van der Waals surface area (Å²) < 4.78 is 22.7. The Hall–Kier alpha value is -3.14. The largest absolute Gasteiger partial charge is 0.486 e. The van der Waals surface area contributed by atoms with Gasteiger partial charge in [0.2, 0.25) is 0 Å². The van der Waals surface area contributed by atoms with Crippen molar-refractivity contribution < 1.29 is 18.9 Å². The van der Waals surface area contributed by atoms with Crippen LogP contribution in [0.5, 0.6) is 23.0 Å². The van der Waals surface area contributed by atoms with Crippen molar-refractivity contribution in [3.63, 3.8) is 0 Å². The summed E-state index contributed by atoms with van der Waals surface area (Å²) in [5.41, 5.74) is 5.37. The Balaban J connectivity index is 1.24. The molecule has 0 saturated carbocycles. The molecule has 0 saturated heterocycles. The zero-order chi connectivity index (χ0) is 20.2. The van der Waals surface area contributed by atoms with E-state index in [9.17, 15) is 0 Å². The van der Waals surface area contributed by atoms with E-state index in [0.717, 1.165) is 48.7 Å². The van der Waals surface area contributed by atoms with Crippen molar-refractivity contribution in [3.8, 4) is 23.0 Å². The zero-order valence-electron chi connectivity index (χ0n) is 17.1. The molecule has 2 aliphatic rings. The minimum Gasteiger partial charge on any atom is -0.486 e. The van der Waals surface area contributed by atoms with Crippen LogP contribution in [0.4, 0.5) is 0 Å². The predicted molar refractivity (Wildman–Crippen MR) is 116 cm³/mol. The number of fused-ring (bicyclic) bond motifs is 2. The molecule has 4 nitrogen and oxygen atoms in total. The highest BCUT2D eigenvalue weighted by atomic mass is 16.6. The molecule has 154 valence electrons. The highest BCUT2D eigenvalue weighted by Crippen LogP contribution is 2.32. The van der Waals surface area contributed by atoms with Gasteiger partial charge in [0.05, 0.1) is 0 Å². The number of aryl methyl sites for hydroxylation is 4. The fourth-order valence-electron chi connectivity index (χ4n) is 4.09. The molecule has 0 fully saturated rings. The van der Waals surface area contributed by atoms with Gasteiger partial charge in [-0.25, -0.2) is 0 Å². The third kappa shape index (κ3) is 4.23. The summed E-state index contributed by atoms with van der Waals surface area (Å²) in [4.78, 5) is 0. The van der Waals surface area contributed by atoms with E-state index >= 15 is 0 Å². The van der Waals surface area contributed by atoms with Crippen LogP contribution in [-0.2, 0) is 25.7 Å². The lowest BCUT2D eigenvalue weighted by molar-refractivity contribution is 0.171. The topological polar surface area (TPSA) is 36.9 Å². The first-order valence-electron chi connectivity index (χ1n) is 10.7. The SMILES string of the molecule is c1ccc(CCc2ccc3c(c2)OCCO3)c(CCc2ccc3c(c2)OCCO3)c1. The molecule has 0 N–H and O–H groups in total. The molecule has 5 rings (SSSR count). The Kier molecular flexibility index (Phi) is 5.47. The highest BCUT2D eigenvalue weighted by Gasteiger charge is 2.13. The lowest BCUT2D eigenvalue weighted by Crippen LogP contribution is -2.15. The van der Waals surface area contributed by atoms with Crippen LogP contribution in [-0.4, -0.2) is 26.4 Å².